The highest BCUT2D eigenvalue weighted by molar-refractivity contribution is 5.93. The van der Waals surface area contributed by atoms with Crippen LogP contribution >= 0.6 is 0 Å². The first-order valence-electron chi connectivity index (χ1n) is 8.02. The van der Waals surface area contributed by atoms with Crippen LogP contribution < -0.4 is 5.32 Å². The Kier molecular flexibility index (Phi) is 3.79. The Bertz CT molecular complexity index is 916. The molecular formula is C17H16FN5O2. The van der Waals surface area contributed by atoms with Gasteiger partial charge in [0.15, 0.2) is 11.5 Å². The van der Waals surface area contributed by atoms with Crippen LogP contribution in [-0.4, -0.2) is 31.9 Å². The van der Waals surface area contributed by atoms with E-state index in [-0.39, 0.29) is 23.5 Å². The van der Waals surface area contributed by atoms with Crippen molar-refractivity contribution in [2.45, 2.75) is 32.4 Å². The average molecular weight is 341 g/mol. The van der Waals surface area contributed by atoms with Gasteiger partial charge in [0, 0.05) is 30.6 Å². The summed E-state index contributed by atoms with van der Waals surface area (Å²) in [5.41, 5.74) is 0.862. The minimum absolute atomic E-state index is 0.0133. The summed E-state index contributed by atoms with van der Waals surface area (Å²) < 4.78 is 20.2. The number of aromatic nitrogens is 4. The molecule has 8 heteroatoms. The predicted octanol–water partition coefficient (Wildman–Crippen LogP) is 2.13. The molecule has 1 unspecified atom stereocenters. The molecule has 0 saturated carbocycles. The fraction of sp³-hybridized carbons (Fsp3) is 0.294. The first kappa shape index (κ1) is 15.5. The highest BCUT2D eigenvalue weighted by Gasteiger charge is 2.24. The van der Waals surface area contributed by atoms with E-state index in [0.717, 1.165) is 24.5 Å². The summed E-state index contributed by atoms with van der Waals surface area (Å²) in [4.78, 5) is 12.4. The van der Waals surface area contributed by atoms with E-state index in [2.05, 4.69) is 20.7 Å². The van der Waals surface area contributed by atoms with Crippen LogP contribution in [0.5, 0.6) is 0 Å². The summed E-state index contributed by atoms with van der Waals surface area (Å²) in [6.45, 7) is 2.54. The zero-order valence-corrected chi connectivity index (χ0v) is 13.6. The smallest absolute Gasteiger partial charge is 0.273 e. The maximum atomic E-state index is 13.0. The highest BCUT2D eigenvalue weighted by atomic mass is 19.1. The summed E-state index contributed by atoms with van der Waals surface area (Å²) in [5, 5.41) is 15.0. The highest BCUT2D eigenvalue weighted by Crippen LogP contribution is 2.21. The van der Waals surface area contributed by atoms with Crippen LogP contribution in [0.15, 0.2) is 34.9 Å². The number of carbonyl (C=O) groups excluding carboxylic acids is 1. The molecule has 0 fully saturated rings. The van der Waals surface area contributed by atoms with Gasteiger partial charge in [-0.15, -0.1) is 10.2 Å². The topological polar surface area (TPSA) is 85.8 Å². The lowest BCUT2D eigenvalue weighted by molar-refractivity contribution is 0.0918. The van der Waals surface area contributed by atoms with E-state index in [4.69, 9.17) is 4.52 Å². The standard InChI is InChI=1S/C17H16FN5O2/c1-10-20-21-16-7-6-13(9-23(10)16)19-17(24)14-8-15(25-22-14)11-2-4-12(18)5-3-11/h2-5,8,13H,6-7,9H2,1H3,(H,19,24). The lowest BCUT2D eigenvalue weighted by Crippen LogP contribution is -2.41. The van der Waals surface area contributed by atoms with E-state index in [1.54, 1.807) is 18.2 Å². The Labute approximate surface area is 142 Å². The van der Waals surface area contributed by atoms with Gasteiger partial charge in [-0.3, -0.25) is 4.79 Å². The van der Waals surface area contributed by atoms with Crippen molar-refractivity contribution in [1.29, 1.82) is 0 Å². The van der Waals surface area contributed by atoms with Gasteiger partial charge in [-0.25, -0.2) is 4.39 Å². The number of hydrogen-bond acceptors (Lipinski definition) is 5. The first-order valence-corrected chi connectivity index (χ1v) is 8.02. The minimum atomic E-state index is -0.331. The van der Waals surface area contributed by atoms with Gasteiger partial charge in [0.05, 0.1) is 0 Å². The molecule has 1 aromatic carbocycles. The Balaban J connectivity index is 1.45. The molecule has 0 spiro atoms. The number of benzene rings is 1. The number of fused-ring (bicyclic) bond motifs is 1. The molecule has 1 amide bonds. The molecule has 7 nitrogen and oxygen atoms in total. The van der Waals surface area contributed by atoms with Gasteiger partial charge < -0.3 is 14.4 Å². The van der Waals surface area contributed by atoms with Crippen molar-refractivity contribution in [2.24, 2.45) is 0 Å². The molecule has 25 heavy (non-hydrogen) atoms. The molecule has 2 aromatic heterocycles. The van der Waals surface area contributed by atoms with Crippen molar-refractivity contribution < 1.29 is 13.7 Å². The van der Waals surface area contributed by atoms with E-state index in [0.29, 0.717) is 17.9 Å². The van der Waals surface area contributed by atoms with E-state index in [1.807, 2.05) is 11.5 Å². The normalized spacial score (nSPS) is 16.5. The van der Waals surface area contributed by atoms with Crippen LogP contribution in [0.2, 0.25) is 0 Å². The van der Waals surface area contributed by atoms with Crippen LogP contribution in [0, 0.1) is 12.7 Å². The van der Waals surface area contributed by atoms with Crippen molar-refractivity contribution in [3.63, 3.8) is 0 Å². The summed E-state index contributed by atoms with van der Waals surface area (Å²) in [6, 6.07) is 7.36. The van der Waals surface area contributed by atoms with E-state index in [1.165, 1.54) is 12.1 Å². The molecule has 128 valence electrons. The third kappa shape index (κ3) is 3.02. The average Bonchev–Trinajstić information content (AvgIpc) is 3.24. The molecule has 0 bridgehead atoms. The molecule has 1 atom stereocenters. The molecule has 0 radical (unpaired) electrons. The lowest BCUT2D eigenvalue weighted by Gasteiger charge is -2.24. The SMILES string of the molecule is Cc1nnc2n1CC(NC(=O)c1cc(-c3ccc(F)cc3)on1)CC2. The van der Waals surface area contributed by atoms with Gasteiger partial charge in [0.2, 0.25) is 0 Å². The number of nitrogens with zero attached hydrogens (tertiary/aromatic N) is 4. The lowest BCUT2D eigenvalue weighted by atomic mass is 10.1. The molecule has 1 aliphatic heterocycles. The van der Waals surface area contributed by atoms with Gasteiger partial charge in [0.1, 0.15) is 17.5 Å². The maximum Gasteiger partial charge on any atom is 0.273 e. The van der Waals surface area contributed by atoms with Crippen molar-refractivity contribution in [1.82, 2.24) is 25.2 Å². The number of halogens is 1. The summed E-state index contributed by atoms with van der Waals surface area (Å²) in [6.07, 6.45) is 1.57. The maximum absolute atomic E-state index is 13.0. The van der Waals surface area contributed by atoms with Gasteiger partial charge in [0.25, 0.3) is 5.91 Å². The molecule has 1 N–H and O–H groups in total. The fourth-order valence-electron chi connectivity index (χ4n) is 2.97. The second kappa shape index (κ2) is 6.12. The number of hydrogen-bond donors (Lipinski definition) is 1. The number of aryl methyl sites for hydroxylation is 2. The summed E-state index contributed by atoms with van der Waals surface area (Å²) >= 11 is 0. The third-order valence-corrected chi connectivity index (χ3v) is 4.34. The molecular weight excluding hydrogens is 325 g/mol. The van der Waals surface area contributed by atoms with Crippen LogP contribution in [-0.2, 0) is 13.0 Å². The Morgan fingerprint density at radius 2 is 2.12 bits per heavy atom. The minimum Gasteiger partial charge on any atom is -0.355 e. The molecule has 0 saturated heterocycles. The van der Waals surface area contributed by atoms with Crippen LogP contribution in [0.4, 0.5) is 4.39 Å². The molecule has 3 heterocycles. The van der Waals surface area contributed by atoms with Crippen molar-refractivity contribution in [3.8, 4) is 11.3 Å². The number of rotatable bonds is 3. The van der Waals surface area contributed by atoms with Crippen molar-refractivity contribution in [3.05, 3.63) is 53.5 Å². The number of nitrogens with one attached hydrogen (secondary N) is 1. The van der Waals surface area contributed by atoms with Gasteiger partial charge in [-0.2, -0.15) is 0 Å². The Morgan fingerprint density at radius 3 is 2.92 bits per heavy atom. The second-order valence-electron chi connectivity index (χ2n) is 6.07. The zero-order chi connectivity index (χ0) is 17.4. The fourth-order valence-corrected chi connectivity index (χ4v) is 2.97. The first-order chi connectivity index (χ1) is 12.1. The largest absolute Gasteiger partial charge is 0.355 e. The predicted molar refractivity (Wildman–Crippen MR) is 86.2 cm³/mol. The Morgan fingerprint density at radius 1 is 1.32 bits per heavy atom. The number of carbonyl (C=O) groups is 1. The molecule has 3 aromatic rings. The molecule has 1 aliphatic rings. The zero-order valence-electron chi connectivity index (χ0n) is 13.6. The monoisotopic (exact) mass is 341 g/mol. The van der Waals surface area contributed by atoms with Gasteiger partial charge in [-0.05, 0) is 37.6 Å². The number of amides is 1. The van der Waals surface area contributed by atoms with Crippen molar-refractivity contribution in [2.75, 3.05) is 0 Å². The third-order valence-electron chi connectivity index (χ3n) is 4.34. The molecule has 4 rings (SSSR count). The second-order valence-corrected chi connectivity index (χ2v) is 6.07. The summed E-state index contributed by atoms with van der Waals surface area (Å²) in [5.74, 6) is 1.58. The quantitative estimate of drug-likeness (QED) is 0.789. The molecule has 0 aliphatic carbocycles. The van der Waals surface area contributed by atoms with E-state index < -0.39 is 0 Å². The summed E-state index contributed by atoms with van der Waals surface area (Å²) in [7, 11) is 0. The van der Waals surface area contributed by atoms with Gasteiger partial charge >= 0.3 is 0 Å². The van der Waals surface area contributed by atoms with Gasteiger partial charge in [-0.1, -0.05) is 5.16 Å². The Hall–Kier alpha value is -3.03. The van der Waals surface area contributed by atoms with Crippen LogP contribution in [0.1, 0.15) is 28.6 Å². The van der Waals surface area contributed by atoms with Crippen LogP contribution in [0.25, 0.3) is 11.3 Å². The van der Waals surface area contributed by atoms with Crippen LogP contribution in [0.3, 0.4) is 0 Å². The van der Waals surface area contributed by atoms with E-state index in [9.17, 15) is 9.18 Å². The van der Waals surface area contributed by atoms with Crippen molar-refractivity contribution >= 4 is 5.91 Å². The van der Waals surface area contributed by atoms with E-state index >= 15 is 0 Å².